The summed E-state index contributed by atoms with van der Waals surface area (Å²) >= 11 is 1.05. The molecule has 0 unspecified atom stereocenters. The summed E-state index contributed by atoms with van der Waals surface area (Å²) in [5.74, 6) is -1.65. The lowest BCUT2D eigenvalue weighted by Gasteiger charge is -2.15. The zero-order valence-corrected chi connectivity index (χ0v) is 18.1. The summed E-state index contributed by atoms with van der Waals surface area (Å²) in [6, 6.07) is 10.3. The highest BCUT2D eigenvalue weighted by Crippen LogP contribution is 2.37. The number of rotatable bonds is 4. The highest BCUT2D eigenvalue weighted by atomic mass is 32.1. The zero-order chi connectivity index (χ0) is 23.9. The fourth-order valence-electron chi connectivity index (χ4n) is 3.27. The molecule has 0 aliphatic carbocycles. The van der Waals surface area contributed by atoms with Gasteiger partial charge in [-0.1, -0.05) is 0 Å². The monoisotopic (exact) mass is 476 g/mol. The number of nitrogens with one attached hydrogen (secondary N) is 2. The van der Waals surface area contributed by atoms with Crippen molar-refractivity contribution in [2.45, 2.75) is 20.0 Å². The Morgan fingerprint density at radius 3 is 2.36 bits per heavy atom. The van der Waals surface area contributed by atoms with Gasteiger partial charge >= 0.3 is 6.18 Å². The van der Waals surface area contributed by atoms with Crippen LogP contribution < -0.4 is 10.6 Å². The molecule has 4 aromatic rings. The van der Waals surface area contributed by atoms with Crippen LogP contribution in [-0.4, -0.2) is 21.6 Å². The Morgan fingerprint density at radius 2 is 1.73 bits per heavy atom. The van der Waals surface area contributed by atoms with Gasteiger partial charge in [0.05, 0.1) is 27.5 Å². The number of thiophene rings is 1. The lowest BCUT2D eigenvalue weighted by molar-refractivity contribution is -0.137. The van der Waals surface area contributed by atoms with Crippen LogP contribution in [0.4, 0.5) is 28.9 Å². The molecular formula is C22H16F4N4O2S. The van der Waals surface area contributed by atoms with Gasteiger partial charge in [-0.3, -0.25) is 9.59 Å². The van der Waals surface area contributed by atoms with Crippen LogP contribution in [0.5, 0.6) is 0 Å². The minimum atomic E-state index is -4.75. The number of carbonyl (C=O) groups excluding carboxylic acids is 2. The lowest BCUT2D eigenvalue weighted by atomic mass is 10.1. The molecule has 0 radical (unpaired) electrons. The van der Waals surface area contributed by atoms with Crippen molar-refractivity contribution in [1.29, 1.82) is 0 Å². The van der Waals surface area contributed by atoms with Crippen LogP contribution in [0.2, 0.25) is 0 Å². The van der Waals surface area contributed by atoms with E-state index in [1.807, 2.05) is 0 Å². The minimum absolute atomic E-state index is 0.0373. The molecule has 0 fully saturated rings. The first kappa shape index (κ1) is 22.5. The van der Waals surface area contributed by atoms with Gasteiger partial charge in [0.15, 0.2) is 0 Å². The second-order valence-electron chi connectivity index (χ2n) is 7.20. The third-order valence-corrected chi connectivity index (χ3v) is 5.84. The predicted octanol–water partition coefficient (Wildman–Crippen LogP) is 5.76. The van der Waals surface area contributed by atoms with Crippen molar-refractivity contribution in [2.24, 2.45) is 0 Å². The van der Waals surface area contributed by atoms with Crippen LogP contribution in [0, 0.1) is 12.7 Å². The number of aryl methyl sites for hydroxylation is 1. The Hall–Kier alpha value is -3.73. The van der Waals surface area contributed by atoms with Crippen molar-refractivity contribution in [3.05, 3.63) is 70.5 Å². The van der Waals surface area contributed by atoms with Crippen molar-refractivity contribution >= 4 is 44.7 Å². The maximum atomic E-state index is 13.6. The topological polar surface area (TPSA) is 76.0 Å². The van der Waals surface area contributed by atoms with E-state index in [-0.39, 0.29) is 10.6 Å². The second-order valence-corrected chi connectivity index (χ2v) is 8.23. The standard InChI is InChI=1S/C22H16F4N4O2S/c1-11-16-10-19(33-21(16)30(29-11)15-6-3-13(23)4-7-15)20(32)28-18-8-5-14(27-12(2)31)9-17(18)22(24,25)26/h3-10H,1-2H3,(H,27,31)(H,28,32). The predicted molar refractivity (Wildman–Crippen MR) is 117 cm³/mol. The van der Waals surface area contributed by atoms with Gasteiger partial charge in [-0.2, -0.15) is 18.3 Å². The quantitative estimate of drug-likeness (QED) is 0.368. The van der Waals surface area contributed by atoms with Crippen LogP contribution in [0.25, 0.3) is 15.9 Å². The van der Waals surface area contributed by atoms with Gasteiger partial charge in [-0.05, 0) is 55.5 Å². The molecule has 2 aromatic carbocycles. The van der Waals surface area contributed by atoms with Gasteiger partial charge < -0.3 is 10.6 Å². The number of fused-ring (bicyclic) bond motifs is 1. The fourth-order valence-corrected chi connectivity index (χ4v) is 4.35. The molecule has 0 atom stereocenters. The average Bonchev–Trinajstić information content (AvgIpc) is 3.29. The maximum Gasteiger partial charge on any atom is 0.418 e. The van der Waals surface area contributed by atoms with Gasteiger partial charge in [0.2, 0.25) is 5.91 Å². The van der Waals surface area contributed by atoms with Crippen molar-refractivity contribution in [3.63, 3.8) is 0 Å². The van der Waals surface area contributed by atoms with Crippen molar-refractivity contribution < 1.29 is 27.2 Å². The first-order valence-corrected chi connectivity index (χ1v) is 10.4. The number of aromatic nitrogens is 2. The number of alkyl halides is 3. The SMILES string of the molecule is CC(=O)Nc1ccc(NC(=O)c2cc3c(C)nn(-c4ccc(F)cc4)c3s2)c(C(F)(F)F)c1. The van der Waals surface area contributed by atoms with E-state index in [9.17, 15) is 27.2 Å². The molecule has 0 bridgehead atoms. The van der Waals surface area contributed by atoms with E-state index in [1.54, 1.807) is 17.7 Å². The highest BCUT2D eigenvalue weighted by molar-refractivity contribution is 7.20. The summed E-state index contributed by atoms with van der Waals surface area (Å²) < 4.78 is 55.5. The van der Waals surface area contributed by atoms with Crippen LogP contribution in [0.3, 0.4) is 0 Å². The van der Waals surface area contributed by atoms with Crippen LogP contribution >= 0.6 is 11.3 Å². The molecular weight excluding hydrogens is 460 g/mol. The third-order valence-electron chi connectivity index (χ3n) is 4.73. The summed E-state index contributed by atoms with van der Waals surface area (Å²) in [7, 11) is 0. The van der Waals surface area contributed by atoms with Crippen molar-refractivity contribution in [1.82, 2.24) is 9.78 Å². The van der Waals surface area contributed by atoms with E-state index in [4.69, 9.17) is 0 Å². The Balaban J connectivity index is 1.68. The van der Waals surface area contributed by atoms with Gasteiger partial charge in [-0.25, -0.2) is 9.07 Å². The molecule has 0 aliphatic heterocycles. The molecule has 2 N–H and O–H groups in total. The molecule has 2 amide bonds. The summed E-state index contributed by atoms with van der Waals surface area (Å²) in [4.78, 5) is 24.8. The highest BCUT2D eigenvalue weighted by Gasteiger charge is 2.34. The van der Waals surface area contributed by atoms with E-state index < -0.39 is 35.1 Å². The van der Waals surface area contributed by atoms with Gasteiger partial charge in [0.1, 0.15) is 10.6 Å². The number of nitrogens with zero attached hydrogens (tertiary/aromatic N) is 2. The summed E-state index contributed by atoms with van der Waals surface area (Å²) in [5.41, 5.74) is -0.367. The van der Waals surface area contributed by atoms with Gasteiger partial charge in [0, 0.05) is 18.0 Å². The molecule has 33 heavy (non-hydrogen) atoms. The first-order valence-electron chi connectivity index (χ1n) is 9.58. The average molecular weight is 476 g/mol. The Morgan fingerprint density at radius 1 is 1.03 bits per heavy atom. The molecule has 2 aromatic heterocycles. The van der Waals surface area contributed by atoms with Crippen molar-refractivity contribution in [2.75, 3.05) is 10.6 Å². The molecule has 6 nitrogen and oxygen atoms in total. The second kappa shape index (κ2) is 8.32. The molecule has 170 valence electrons. The van der Waals surface area contributed by atoms with E-state index in [0.29, 0.717) is 21.6 Å². The van der Waals surface area contributed by atoms with Gasteiger partial charge in [-0.15, -0.1) is 11.3 Å². The lowest BCUT2D eigenvalue weighted by Crippen LogP contribution is -2.16. The molecule has 0 aliphatic rings. The number of anilines is 2. The fraction of sp³-hybridized carbons (Fsp3) is 0.136. The van der Waals surface area contributed by atoms with Crippen LogP contribution in [0.1, 0.15) is 27.9 Å². The number of halogens is 4. The van der Waals surface area contributed by atoms with Crippen LogP contribution in [0.15, 0.2) is 48.5 Å². The molecule has 0 spiro atoms. The van der Waals surface area contributed by atoms with Crippen molar-refractivity contribution in [3.8, 4) is 5.69 Å². The molecule has 2 heterocycles. The largest absolute Gasteiger partial charge is 0.418 e. The Labute approximate surface area is 188 Å². The molecule has 0 saturated heterocycles. The Kier molecular flexibility index (Phi) is 5.66. The number of carbonyl (C=O) groups is 2. The number of amides is 2. The minimum Gasteiger partial charge on any atom is -0.326 e. The molecule has 4 rings (SSSR count). The van der Waals surface area contributed by atoms with Gasteiger partial charge in [0.25, 0.3) is 5.91 Å². The third kappa shape index (κ3) is 4.58. The van der Waals surface area contributed by atoms with E-state index in [2.05, 4.69) is 15.7 Å². The van der Waals surface area contributed by atoms with Crippen LogP contribution in [-0.2, 0) is 11.0 Å². The molecule has 11 heteroatoms. The summed E-state index contributed by atoms with van der Waals surface area (Å²) in [6.07, 6.45) is -4.75. The maximum absolute atomic E-state index is 13.6. The number of benzene rings is 2. The van der Waals surface area contributed by atoms with E-state index >= 15 is 0 Å². The number of hydrogen-bond donors (Lipinski definition) is 2. The summed E-state index contributed by atoms with van der Waals surface area (Å²) in [6.45, 7) is 2.92. The molecule has 0 saturated carbocycles. The number of hydrogen-bond acceptors (Lipinski definition) is 4. The zero-order valence-electron chi connectivity index (χ0n) is 17.2. The Bertz CT molecular complexity index is 1370. The first-order chi connectivity index (χ1) is 15.5. The normalized spacial score (nSPS) is 11.6. The summed E-state index contributed by atoms with van der Waals surface area (Å²) in [5, 5.41) is 9.67. The van der Waals surface area contributed by atoms with E-state index in [0.717, 1.165) is 23.5 Å². The smallest absolute Gasteiger partial charge is 0.326 e. The van der Waals surface area contributed by atoms with E-state index in [1.165, 1.54) is 37.3 Å².